The van der Waals surface area contributed by atoms with Crippen molar-refractivity contribution in [3.8, 4) is 0 Å². The molecule has 0 aliphatic heterocycles. The number of methoxy groups -OCH3 is 1. The van der Waals surface area contributed by atoms with Crippen LogP contribution < -0.4 is 5.32 Å². The first-order valence-corrected chi connectivity index (χ1v) is 8.28. The van der Waals surface area contributed by atoms with Crippen LogP contribution in [0.3, 0.4) is 0 Å². The molecule has 0 unspecified atom stereocenters. The molecule has 2 aromatic rings. The molecular weight excluding hydrogens is 406 g/mol. The van der Waals surface area contributed by atoms with Crippen LogP contribution in [0, 0.1) is 6.92 Å². The number of carbonyl (C=O) groups excluding carboxylic acids is 1. The third kappa shape index (κ3) is 3.62. The second kappa shape index (κ2) is 6.74. The van der Waals surface area contributed by atoms with E-state index in [1.54, 1.807) is 17.4 Å². The number of aryl methyl sites for hydroxylation is 1. The number of anilines is 1. The van der Waals surface area contributed by atoms with Gasteiger partial charge in [0, 0.05) is 25.2 Å². The molecule has 1 aromatic carbocycles. The first-order chi connectivity index (χ1) is 9.51. The topological polar surface area (TPSA) is 38.3 Å². The Morgan fingerprint density at radius 3 is 2.70 bits per heavy atom. The maximum atomic E-state index is 11.9. The van der Waals surface area contributed by atoms with E-state index in [2.05, 4.69) is 56.2 Å². The fourth-order valence-electron chi connectivity index (χ4n) is 1.78. The van der Waals surface area contributed by atoms with Gasteiger partial charge in [-0.3, -0.25) is 0 Å². The van der Waals surface area contributed by atoms with Crippen molar-refractivity contribution in [3.63, 3.8) is 0 Å². The number of ether oxygens (including phenoxy) is 1. The lowest BCUT2D eigenvalue weighted by atomic mass is 10.2. The number of benzene rings is 1. The number of thiophene rings is 1. The summed E-state index contributed by atoms with van der Waals surface area (Å²) in [6, 6.07) is 7.81. The van der Waals surface area contributed by atoms with Gasteiger partial charge in [-0.1, -0.05) is 15.9 Å². The van der Waals surface area contributed by atoms with Gasteiger partial charge in [0.15, 0.2) is 0 Å². The summed E-state index contributed by atoms with van der Waals surface area (Å²) in [6.07, 6.45) is 0. The first kappa shape index (κ1) is 15.5. The van der Waals surface area contributed by atoms with Crippen LogP contribution in [-0.4, -0.2) is 13.1 Å². The van der Waals surface area contributed by atoms with Crippen LogP contribution >= 0.6 is 43.2 Å². The van der Waals surface area contributed by atoms with E-state index in [0.29, 0.717) is 12.1 Å². The molecule has 106 valence electrons. The van der Waals surface area contributed by atoms with Gasteiger partial charge in [-0.05, 0) is 47.1 Å². The Labute approximate surface area is 138 Å². The zero-order valence-corrected chi connectivity index (χ0v) is 15.0. The van der Waals surface area contributed by atoms with Crippen molar-refractivity contribution in [3.05, 3.63) is 48.5 Å². The fraction of sp³-hybridized carbons (Fsp3) is 0.214. The van der Waals surface area contributed by atoms with Crippen molar-refractivity contribution in [1.29, 1.82) is 0 Å². The normalized spacial score (nSPS) is 10.4. The summed E-state index contributed by atoms with van der Waals surface area (Å²) in [4.78, 5) is 14.3. The lowest BCUT2D eigenvalue weighted by molar-refractivity contribution is 0.0601. The van der Waals surface area contributed by atoms with Gasteiger partial charge in [0.05, 0.1) is 18.4 Å². The van der Waals surface area contributed by atoms with Crippen molar-refractivity contribution in [2.45, 2.75) is 13.5 Å². The van der Waals surface area contributed by atoms with E-state index in [9.17, 15) is 4.79 Å². The van der Waals surface area contributed by atoms with Crippen molar-refractivity contribution < 1.29 is 9.53 Å². The molecule has 2 rings (SSSR count). The number of hydrogen-bond acceptors (Lipinski definition) is 4. The van der Waals surface area contributed by atoms with Gasteiger partial charge in [-0.25, -0.2) is 4.79 Å². The maximum Gasteiger partial charge on any atom is 0.340 e. The highest BCUT2D eigenvalue weighted by Gasteiger charge is 2.16. The summed E-state index contributed by atoms with van der Waals surface area (Å²) in [5.41, 5.74) is 1.24. The average molecular weight is 419 g/mol. The molecule has 3 nitrogen and oxygen atoms in total. The molecule has 0 bridgehead atoms. The van der Waals surface area contributed by atoms with Crippen LogP contribution in [0.2, 0.25) is 0 Å². The summed E-state index contributed by atoms with van der Waals surface area (Å²) in [7, 11) is 1.38. The first-order valence-electron chi connectivity index (χ1n) is 5.88. The molecule has 0 amide bonds. The van der Waals surface area contributed by atoms with Gasteiger partial charge in [0.2, 0.25) is 0 Å². The van der Waals surface area contributed by atoms with E-state index < -0.39 is 0 Å². The van der Waals surface area contributed by atoms with Crippen LogP contribution in [-0.2, 0) is 11.3 Å². The van der Waals surface area contributed by atoms with Crippen molar-refractivity contribution in [1.82, 2.24) is 0 Å². The molecule has 0 saturated heterocycles. The molecule has 0 radical (unpaired) electrons. The number of rotatable bonds is 4. The maximum absolute atomic E-state index is 11.9. The number of carbonyl (C=O) groups is 1. The molecule has 1 heterocycles. The molecule has 1 N–H and O–H groups in total. The van der Waals surface area contributed by atoms with Crippen molar-refractivity contribution in [2.75, 3.05) is 12.4 Å². The van der Waals surface area contributed by atoms with Crippen LogP contribution in [0.15, 0.2) is 33.2 Å². The molecule has 0 saturated carbocycles. The highest BCUT2D eigenvalue weighted by molar-refractivity contribution is 9.11. The number of esters is 1. The van der Waals surface area contributed by atoms with Crippen LogP contribution in [0.4, 0.5) is 5.69 Å². The second-order valence-electron chi connectivity index (χ2n) is 4.17. The predicted octanol–water partition coefficient (Wildman–Crippen LogP) is 4.98. The van der Waals surface area contributed by atoms with E-state index >= 15 is 0 Å². The minimum absolute atomic E-state index is 0.364. The van der Waals surface area contributed by atoms with Gasteiger partial charge in [-0.2, -0.15) is 0 Å². The summed E-state index contributed by atoms with van der Waals surface area (Å²) < 4.78 is 6.47. The van der Waals surface area contributed by atoms with Gasteiger partial charge in [-0.15, -0.1) is 11.3 Å². The monoisotopic (exact) mass is 417 g/mol. The summed E-state index contributed by atoms with van der Waals surface area (Å²) in [6.45, 7) is 2.74. The summed E-state index contributed by atoms with van der Waals surface area (Å²) in [5, 5.41) is 3.30. The largest absolute Gasteiger partial charge is 0.465 e. The van der Waals surface area contributed by atoms with E-state index in [1.165, 1.54) is 16.9 Å². The Morgan fingerprint density at radius 2 is 2.10 bits per heavy atom. The van der Waals surface area contributed by atoms with Crippen LogP contribution in [0.25, 0.3) is 0 Å². The molecule has 0 aliphatic rings. The van der Waals surface area contributed by atoms with E-state index in [-0.39, 0.29) is 5.97 Å². The SMILES string of the molecule is COC(=O)c1cc(Br)cc(Br)c1NCc1ccc(C)s1. The second-order valence-corrected chi connectivity index (χ2v) is 7.31. The minimum Gasteiger partial charge on any atom is -0.465 e. The molecule has 20 heavy (non-hydrogen) atoms. The molecule has 0 fully saturated rings. The average Bonchev–Trinajstić information content (AvgIpc) is 2.81. The van der Waals surface area contributed by atoms with Crippen molar-refractivity contribution in [2.24, 2.45) is 0 Å². The molecule has 0 spiro atoms. The number of nitrogens with one attached hydrogen (secondary N) is 1. The number of hydrogen-bond donors (Lipinski definition) is 1. The molecule has 0 aliphatic carbocycles. The standard InChI is InChI=1S/C14H13Br2NO2S/c1-8-3-4-10(20-8)7-17-13-11(14(18)19-2)5-9(15)6-12(13)16/h3-6,17H,7H2,1-2H3. The van der Waals surface area contributed by atoms with Crippen LogP contribution in [0.5, 0.6) is 0 Å². The van der Waals surface area contributed by atoms with E-state index in [0.717, 1.165) is 14.6 Å². The van der Waals surface area contributed by atoms with Gasteiger partial charge in [0.1, 0.15) is 0 Å². The Hall–Kier alpha value is -0.850. The molecule has 6 heteroatoms. The molecule has 0 atom stereocenters. The lowest BCUT2D eigenvalue weighted by Gasteiger charge is -2.13. The Balaban J connectivity index is 2.27. The highest BCUT2D eigenvalue weighted by atomic mass is 79.9. The predicted molar refractivity (Wildman–Crippen MR) is 89.6 cm³/mol. The summed E-state index contributed by atoms with van der Waals surface area (Å²) >= 11 is 8.59. The Kier molecular flexibility index (Phi) is 5.23. The molecule has 1 aromatic heterocycles. The number of halogens is 2. The Morgan fingerprint density at radius 1 is 1.35 bits per heavy atom. The van der Waals surface area contributed by atoms with Crippen molar-refractivity contribution >= 4 is 54.9 Å². The molecular formula is C14H13Br2NO2S. The van der Waals surface area contributed by atoms with Gasteiger partial charge >= 0.3 is 5.97 Å². The fourth-order valence-corrected chi connectivity index (χ4v) is 3.98. The smallest absolute Gasteiger partial charge is 0.340 e. The third-order valence-corrected chi connectivity index (χ3v) is 4.78. The quantitative estimate of drug-likeness (QED) is 0.711. The third-order valence-electron chi connectivity index (χ3n) is 2.70. The van der Waals surface area contributed by atoms with Crippen LogP contribution in [0.1, 0.15) is 20.1 Å². The van der Waals surface area contributed by atoms with Gasteiger partial charge in [0.25, 0.3) is 0 Å². The minimum atomic E-state index is -0.364. The highest BCUT2D eigenvalue weighted by Crippen LogP contribution is 2.32. The zero-order valence-electron chi connectivity index (χ0n) is 11.0. The summed E-state index contributed by atoms with van der Waals surface area (Å²) in [5.74, 6) is -0.364. The Bertz CT molecular complexity index is 640. The van der Waals surface area contributed by atoms with E-state index in [1.807, 2.05) is 6.07 Å². The zero-order chi connectivity index (χ0) is 14.7. The van der Waals surface area contributed by atoms with Gasteiger partial charge < -0.3 is 10.1 Å². The lowest BCUT2D eigenvalue weighted by Crippen LogP contribution is -2.08. The van der Waals surface area contributed by atoms with E-state index in [4.69, 9.17) is 4.74 Å².